The molecule has 0 saturated heterocycles. The van der Waals surface area contributed by atoms with E-state index in [2.05, 4.69) is 0 Å². The number of ether oxygens (including phenoxy) is 2. The van der Waals surface area contributed by atoms with E-state index in [0.717, 1.165) is 5.56 Å². The van der Waals surface area contributed by atoms with Crippen molar-refractivity contribution in [1.82, 2.24) is 4.57 Å². The number of aromatic hydroxyl groups is 1. The Morgan fingerprint density at radius 1 is 1.13 bits per heavy atom. The summed E-state index contributed by atoms with van der Waals surface area (Å²) in [7, 11) is 0. The lowest BCUT2D eigenvalue weighted by molar-refractivity contribution is 0.00527. The van der Waals surface area contributed by atoms with Crippen molar-refractivity contribution in [3.8, 4) is 22.6 Å². The number of carbonyl (C=O) groups excluding carboxylic acids is 1. The van der Waals surface area contributed by atoms with Gasteiger partial charge in [0.2, 0.25) is 5.43 Å². The van der Waals surface area contributed by atoms with Crippen molar-refractivity contribution in [2.75, 3.05) is 0 Å². The zero-order valence-corrected chi connectivity index (χ0v) is 18.6. The Hall–Kier alpha value is -3.28. The minimum absolute atomic E-state index is 0.0356. The van der Waals surface area contributed by atoms with Crippen LogP contribution in [0.2, 0.25) is 0 Å². The predicted octanol–water partition coefficient (Wildman–Crippen LogP) is 4.85. The highest BCUT2D eigenvalue weighted by atomic mass is 16.6. The van der Waals surface area contributed by atoms with Crippen LogP contribution >= 0.6 is 0 Å². The fraction of sp³-hybridized carbons (Fsp3) is 0.360. The van der Waals surface area contributed by atoms with Gasteiger partial charge in [0.25, 0.3) is 0 Å². The summed E-state index contributed by atoms with van der Waals surface area (Å²) in [5, 5.41) is 10.9. The molecule has 3 rings (SSSR count). The highest BCUT2D eigenvalue weighted by Gasteiger charge is 2.27. The SMILES string of the molecule is CC(C)Cn1cc2cc(OCc3ccccc3)c(=O)cc-2c(O)c1C(=O)OC(C)(C)C. The van der Waals surface area contributed by atoms with Gasteiger partial charge in [0.05, 0.1) is 0 Å². The van der Waals surface area contributed by atoms with Gasteiger partial charge in [-0.1, -0.05) is 44.2 Å². The van der Waals surface area contributed by atoms with Gasteiger partial charge in [0, 0.05) is 29.9 Å². The zero-order valence-electron chi connectivity index (χ0n) is 18.6. The number of hydrogen-bond acceptors (Lipinski definition) is 5. The molecular weight excluding hydrogens is 394 g/mol. The molecule has 31 heavy (non-hydrogen) atoms. The van der Waals surface area contributed by atoms with Crippen molar-refractivity contribution < 1.29 is 19.4 Å². The number of esters is 1. The summed E-state index contributed by atoms with van der Waals surface area (Å²) >= 11 is 0. The summed E-state index contributed by atoms with van der Waals surface area (Å²) in [5.74, 6) is -0.490. The van der Waals surface area contributed by atoms with E-state index < -0.39 is 11.6 Å². The number of hydrogen-bond donors (Lipinski definition) is 1. The molecule has 0 aromatic heterocycles. The third kappa shape index (κ3) is 5.45. The van der Waals surface area contributed by atoms with E-state index >= 15 is 0 Å². The molecule has 6 nitrogen and oxygen atoms in total. The minimum atomic E-state index is -0.715. The van der Waals surface area contributed by atoms with E-state index in [1.54, 1.807) is 37.6 Å². The smallest absolute Gasteiger partial charge is 0.359 e. The van der Waals surface area contributed by atoms with E-state index in [4.69, 9.17) is 9.47 Å². The van der Waals surface area contributed by atoms with Crippen LogP contribution < -0.4 is 10.2 Å². The van der Waals surface area contributed by atoms with Gasteiger partial charge in [-0.2, -0.15) is 0 Å². The number of benzene rings is 2. The number of pyridine rings is 1. The first-order chi connectivity index (χ1) is 14.5. The van der Waals surface area contributed by atoms with Gasteiger partial charge >= 0.3 is 5.97 Å². The van der Waals surface area contributed by atoms with Gasteiger partial charge in [0.1, 0.15) is 12.2 Å². The van der Waals surface area contributed by atoms with Gasteiger partial charge in [-0.15, -0.1) is 0 Å². The van der Waals surface area contributed by atoms with Gasteiger partial charge in [-0.3, -0.25) is 4.79 Å². The third-order valence-corrected chi connectivity index (χ3v) is 4.57. The number of fused-ring (bicyclic) bond motifs is 1. The van der Waals surface area contributed by atoms with Crippen LogP contribution in [0.4, 0.5) is 0 Å². The molecule has 0 unspecified atom stereocenters. The molecule has 1 aliphatic carbocycles. The summed E-state index contributed by atoms with van der Waals surface area (Å²) in [6.07, 6.45) is 1.75. The van der Waals surface area contributed by atoms with E-state index in [9.17, 15) is 14.7 Å². The third-order valence-electron chi connectivity index (χ3n) is 4.57. The molecule has 0 amide bonds. The number of carbonyl (C=O) groups is 1. The van der Waals surface area contributed by atoms with Crippen LogP contribution in [0.1, 0.15) is 50.7 Å². The number of rotatable bonds is 6. The lowest BCUT2D eigenvalue weighted by Crippen LogP contribution is -2.27. The van der Waals surface area contributed by atoms with E-state index in [1.807, 2.05) is 44.2 Å². The van der Waals surface area contributed by atoms with Crippen molar-refractivity contribution in [1.29, 1.82) is 0 Å². The first-order valence-electron chi connectivity index (χ1n) is 10.4. The average Bonchev–Trinajstić information content (AvgIpc) is 2.66. The molecule has 1 heterocycles. The van der Waals surface area contributed by atoms with Gasteiger partial charge < -0.3 is 19.1 Å². The largest absolute Gasteiger partial charge is 0.505 e. The molecule has 0 spiro atoms. The Balaban J connectivity index is 2.06. The highest BCUT2D eigenvalue weighted by Crippen LogP contribution is 2.36. The van der Waals surface area contributed by atoms with Gasteiger partial charge in [-0.05, 0) is 38.3 Å². The van der Waals surface area contributed by atoms with E-state index in [1.165, 1.54) is 6.07 Å². The molecule has 2 aliphatic rings. The maximum atomic E-state index is 12.8. The van der Waals surface area contributed by atoms with Crippen molar-refractivity contribution in [2.45, 2.75) is 53.4 Å². The van der Waals surface area contributed by atoms with Crippen molar-refractivity contribution in [3.63, 3.8) is 0 Å². The quantitative estimate of drug-likeness (QED) is 0.574. The second-order valence-corrected chi connectivity index (χ2v) is 9.03. The molecule has 6 heteroatoms. The highest BCUT2D eigenvalue weighted by molar-refractivity contribution is 5.94. The molecule has 1 aliphatic heterocycles. The van der Waals surface area contributed by atoms with Crippen LogP contribution in [0.15, 0.2) is 53.5 Å². The maximum Gasteiger partial charge on any atom is 0.359 e. The van der Waals surface area contributed by atoms with Crippen molar-refractivity contribution >= 4 is 5.97 Å². The molecular formula is C25H29NO5. The predicted molar refractivity (Wildman–Crippen MR) is 120 cm³/mol. The Labute approximate surface area is 182 Å². The van der Waals surface area contributed by atoms with Gasteiger partial charge in [-0.25, -0.2) is 4.79 Å². The van der Waals surface area contributed by atoms with Crippen LogP contribution in [0.3, 0.4) is 0 Å². The summed E-state index contributed by atoms with van der Waals surface area (Å²) in [4.78, 5) is 25.5. The minimum Gasteiger partial charge on any atom is -0.505 e. The lowest BCUT2D eigenvalue weighted by atomic mass is 10.0. The topological polar surface area (TPSA) is 77.8 Å². The Kier molecular flexibility index (Phi) is 6.39. The lowest BCUT2D eigenvalue weighted by Gasteiger charge is -2.24. The Morgan fingerprint density at radius 3 is 2.42 bits per heavy atom. The van der Waals surface area contributed by atoms with Crippen LogP contribution in [0.5, 0.6) is 11.5 Å². The summed E-state index contributed by atoms with van der Waals surface area (Å²) in [5.41, 5.74) is 0.794. The van der Waals surface area contributed by atoms with E-state index in [0.29, 0.717) is 12.1 Å². The number of aromatic nitrogens is 1. The molecule has 0 fully saturated rings. The molecule has 0 radical (unpaired) electrons. The molecule has 1 N–H and O–H groups in total. The van der Waals surface area contributed by atoms with E-state index in [-0.39, 0.29) is 40.7 Å². The van der Waals surface area contributed by atoms with Crippen molar-refractivity contribution in [3.05, 3.63) is 70.1 Å². The average molecular weight is 424 g/mol. The molecule has 0 atom stereocenters. The van der Waals surface area contributed by atoms with Crippen molar-refractivity contribution in [2.24, 2.45) is 5.92 Å². The van der Waals surface area contributed by atoms with Crippen LogP contribution in [-0.4, -0.2) is 21.2 Å². The Morgan fingerprint density at radius 2 is 1.81 bits per heavy atom. The molecule has 0 saturated carbocycles. The summed E-state index contributed by atoms with van der Waals surface area (Å²) < 4.78 is 12.9. The fourth-order valence-corrected chi connectivity index (χ4v) is 3.31. The maximum absolute atomic E-state index is 12.8. The Bertz CT molecular complexity index is 1090. The molecule has 164 valence electrons. The second kappa shape index (κ2) is 8.84. The second-order valence-electron chi connectivity index (χ2n) is 9.03. The molecule has 1 aromatic rings. The molecule has 1 aromatic carbocycles. The first kappa shape index (κ1) is 22.4. The normalized spacial score (nSPS) is 11.7. The summed E-state index contributed by atoms with van der Waals surface area (Å²) in [6.45, 7) is 10.1. The summed E-state index contributed by atoms with van der Waals surface area (Å²) in [6, 6.07) is 12.5. The van der Waals surface area contributed by atoms with Crippen LogP contribution in [0.25, 0.3) is 11.1 Å². The van der Waals surface area contributed by atoms with Crippen LogP contribution in [0, 0.1) is 5.92 Å². The monoisotopic (exact) mass is 423 g/mol. The first-order valence-corrected chi connectivity index (χ1v) is 10.4. The fourth-order valence-electron chi connectivity index (χ4n) is 3.31. The van der Waals surface area contributed by atoms with Crippen LogP contribution in [-0.2, 0) is 17.9 Å². The van der Waals surface area contributed by atoms with Gasteiger partial charge in [0.15, 0.2) is 17.2 Å². The number of nitrogens with zero attached hydrogens (tertiary/aromatic N) is 1. The molecule has 0 bridgehead atoms. The zero-order chi connectivity index (χ0) is 22.8. The standard InChI is InChI=1S/C25H29NO5/c1-16(2)13-26-14-18-11-21(30-15-17-9-7-6-8-10-17)20(27)12-19(18)23(28)22(26)24(29)31-25(3,4)5/h6-12,14,16,28H,13,15H2,1-5H3.